The van der Waals surface area contributed by atoms with E-state index in [4.69, 9.17) is 9.47 Å². The summed E-state index contributed by atoms with van der Waals surface area (Å²) in [6, 6.07) is 13.9. The fourth-order valence-electron chi connectivity index (χ4n) is 6.45. The Labute approximate surface area is 214 Å². The minimum absolute atomic E-state index is 0.0157. The molecule has 2 aliphatic heterocycles. The molecule has 1 spiro atoms. The standard InChI is InChI=1S/C30H38N2O4/c1-35-25-12-13-27-26(19-25)30(21-32(27)28(33)14-9-22-5-3-4-6-22)15-17-31(18-16-30)20-23-7-10-24(11-8-23)29(34)36-2/h7-8,10-13,19,22H,3-6,9,14-18,20-21H2,1-2H3. The van der Waals surface area contributed by atoms with Gasteiger partial charge in [-0.15, -0.1) is 0 Å². The Balaban J connectivity index is 1.27. The van der Waals surface area contributed by atoms with Crippen molar-refractivity contribution < 1.29 is 19.1 Å². The molecule has 0 bridgehead atoms. The van der Waals surface area contributed by atoms with Crippen LogP contribution in [0.5, 0.6) is 5.75 Å². The minimum atomic E-state index is -0.306. The fraction of sp³-hybridized carbons (Fsp3) is 0.533. The van der Waals surface area contributed by atoms with Crippen molar-refractivity contribution >= 4 is 17.6 Å². The van der Waals surface area contributed by atoms with E-state index in [1.165, 1.54) is 43.9 Å². The van der Waals surface area contributed by atoms with Crippen LogP contribution in [0.2, 0.25) is 0 Å². The average Bonchev–Trinajstić information content (AvgIpc) is 3.55. The minimum Gasteiger partial charge on any atom is -0.497 e. The molecule has 2 aromatic rings. The number of carbonyl (C=O) groups excluding carboxylic acids is 2. The molecule has 1 aliphatic carbocycles. The number of benzene rings is 2. The average molecular weight is 491 g/mol. The molecule has 0 aromatic heterocycles. The lowest BCUT2D eigenvalue weighted by atomic mass is 9.74. The highest BCUT2D eigenvalue weighted by Gasteiger charge is 2.46. The summed E-state index contributed by atoms with van der Waals surface area (Å²) in [5, 5.41) is 0. The summed E-state index contributed by atoms with van der Waals surface area (Å²) in [5.41, 5.74) is 4.11. The second-order valence-electron chi connectivity index (χ2n) is 10.8. The van der Waals surface area contributed by atoms with Gasteiger partial charge in [0, 0.05) is 30.6 Å². The van der Waals surface area contributed by atoms with Crippen molar-refractivity contribution in [3.8, 4) is 5.75 Å². The van der Waals surface area contributed by atoms with Crippen LogP contribution >= 0.6 is 0 Å². The number of likely N-dealkylation sites (tertiary alicyclic amines) is 1. The molecule has 1 saturated carbocycles. The van der Waals surface area contributed by atoms with Crippen LogP contribution in [0.4, 0.5) is 5.69 Å². The number of nitrogens with zero attached hydrogens (tertiary/aromatic N) is 2. The van der Waals surface area contributed by atoms with Crippen LogP contribution in [0.1, 0.15) is 72.9 Å². The van der Waals surface area contributed by atoms with Crippen LogP contribution < -0.4 is 9.64 Å². The first-order valence-electron chi connectivity index (χ1n) is 13.4. The van der Waals surface area contributed by atoms with Crippen molar-refractivity contribution in [2.45, 2.75) is 63.3 Å². The fourth-order valence-corrected chi connectivity index (χ4v) is 6.45. The van der Waals surface area contributed by atoms with Crippen LogP contribution in [0.25, 0.3) is 0 Å². The third-order valence-corrected chi connectivity index (χ3v) is 8.66. The highest BCUT2D eigenvalue weighted by atomic mass is 16.5. The van der Waals surface area contributed by atoms with Gasteiger partial charge in [0.2, 0.25) is 5.91 Å². The zero-order valence-corrected chi connectivity index (χ0v) is 21.6. The predicted octanol–water partition coefficient (Wildman–Crippen LogP) is 5.33. The molecule has 6 heteroatoms. The third kappa shape index (κ3) is 5.01. The second kappa shape index (κ2) is 10.6. The number of methoxy groups -OCH3 is 2. The Hall–Kier alpha value is -2.86. The van der Waals surface area contributed by atoms with Crippen molar-refractivity contribution in [3.63, 3.8) is 0 Å². The Morgan fingerprint density at radius 2 is 1.72 bits per heavy atom. The molecule has 36 heavy (non-hydrogen) atoms. The number of rotatable bonds is 7. The molecular weight excluding hydrogens is 452 g/mol. The zero-order chi connectivity index (χ0) is 25.1. The van der Waals surface area contributed by atoms with Crippen molar-refractivity contribution in [3.05, 3.63) is 59.2 Å². The molecule has 6 nitrogen and oxygen atoms in total. The van der Waals surface area contributed by atoms with Crippen LogP contribution in [-0.2, 0) is 21.5 Å². The van der Waals surface area contributed by atoms with Crippen molar-refractivity contribution in [2.75, 3.05) is 38.8 Å². The van der Waals surface area contributed by atoms with E-state index in [-0.39, 0.29) is 17.3 Å². The first-order valence-corrected chi connectivity index (χ1v) is 13.4. The SMILES string of the molecule is COC(=O)c1ccc(CN2CCC3(CC2)CN(C(=O)CCC2CCCC2)c2ccc(OC)cc23)cc1. The van der Waals surface area contributed by atoms with E-state index in [0.717, 1.165) is 62.8 Å². The normalized spacial score (nSPS) is 19.4. The maximum Gasteiger partial charge on any atom is 0.337 e. The molecule has 2 aromatic carbocycles. The highest BCUT2D eigenvalue weighted by Crippen LogP contribution is 2.48. The monoisotopic (exact) mass is 490 g/mol. The zero-order valence-electron chi connectivity index (χ0n) is 21.6. The summed E-state index contributed by atoms with van der Waals surface area (Å²) >= 11 is 0. The smallest absolute Gasteiger partial charge is 0.337 e. The number of piperidine rings is 1. The summed E-state index contributed by atoms with van der Waals surface area (Å²) in [4.78, 5) is 29.7. The van der Waals surface area contributed by atoms with Crippen molar-refractivity contribution in [1.29, 1.82) is 0 Å². The number of carbonyl (C=O) groups is 2. The summed E-state index contributed by atoms with van der Waals surface area (Å²) in [6.07, 6.45) is 8.91. The molecule has 0 radical (unpaired) electrons. The molecule has 2 fully saturated rings. The lowest BCUT2D eigenvalue weighted by molar-refractivity contribution is -0.119. The summed E-state index contributed by atoms with van der Waals surface area (Å²) < 4.78 is 10.4. The van der Waals surface area contributed by atoms with Gasteiger partial charge in [-0.3, -0.25) is 9.69 Å². The molecular formula is C30H38N2O4. The largest absolute Gasteiger partial charge is 0.497 e. The van der Waals surface area contributed by atoms with Gasteiger partial charge in [-0.1, -0.05) is 37.8 Å². The highest BCUT2D eigenvalue weighted by molar-refractivity contribution is 5.96. The number of esters is 1. The number of hydrogen-bond acceptors (Lipinski definition) is 5. The van der Waals surface area contributed by atoms with E-state index in [1.807, 2.05) is 30.3 Å². The Morgan fingerprint density at radius 1 is 1.00 bits per heavy atom. The van der Waals surface area contributed by atoms with Gasteiger partial charge in [-0.2, -0.15) is 0 Å². The van der Waals surface area contributed by atoms with E-state index in [2.05, 4.69) is 21.9 Å². The van der Waals surface area contributed by atoms with Crippen LogP contribution in [-0.4, -0.2) is 50.6 Å². The lowest BCUT2D eigenvalue weighted by Crippen LogP contribution is -2.45. The van der Waals surface area contributed by atoms with E-state index in [1.54, 1.807) is 7.11 Å². The second-order valence-corrected chi connectivity index (χ2v) is 10.8. The van der Waals surface area contributed by atoms with Gasteiger partial charge >= 0.3 is 5.97 Å². The van der Waals surface area contributed by atoms with Gasteiger partial charge in [-0.25, -0.2) is 4.79 Å². The van der Waals surface area contributed by atoms with Gasteiger partial charge in [0.15, 0.2) is 0 Å². The number of hydrogen-bond donors (Lipinski definition) is 0. The van der Waals surface area contributed by atoms with Crippen molar-refractivity contribution in [2.24, 2.45) is 5.92 Å². The van der Waals surface area contributed by atoms with Gasteiger partial charge in [0.1, 0.15) is 5.75 Å². The molecule has 1 saturated heterocycles. The molecule has 1 amide bonds. The lowest BCUT2D eigenvalue weighted by Gasteiger charge is -2.40. The van der Waals surface area contributed by atoms with Gasteiger partial charge in [0.25, 0.3) is 0 Å². The number of ether oxygens (including phenoxy) is 2. The van der Waals surface area contributed by atoms with Gasteiger partial charge in [0.05, 0.1) is 19.8 Å². The topological polar surface area (TPSA) is 59.1 Å². The molecule has 5 rings (SSSR count). The maximum atomic E-state index is 13.4. The Bertz CT molecular complexity index is 1080. The molecule has 192 valence electrons. The van der Waals surface area contributed by atoms with Crippen LogP contribution in [0.15, 0.2) is 42.5 Å². The first kappa shape index (κ1) is 24.8. The predicted molar refractivity (Wildman–Crippen MR) is 141 cm³/mol. The number of amides is 1. The first-order chi connectivity index (χ1) is 17.5. The molecule has 3 aliphatic rings. The van der Waals surface area contributed by atoms with Crippen LogP contribution in [0, 0.1) is 5.92 Å². The summed E-state index contributed by atoms with van der Waals surface area (Å²) in [6.45, 7) is 3.58. The number of anilines is 1. The quantitative estimate of drug-likeness (QED) is 0.491. The molecule has 2 heterocycles. The molecule has 0 atom stereocenters. The molecule has 0 unspecified atom stereocenters. The molecule has 0 N–H and O–H groups in total. The Kier molecular flexibility index (Phi) is 7.33. The van der Waals surface area contributed by atoms with E-state index >= 15 is 0 Å². The Morgan fingerprint density at radius 3 is 2.39 bits per heavy atom. The van der Waals surface area contributed by atoms with Gasteiger partial charge < -0.3 is 14.4 Å². The summed E-state index contributed by atoms with van der Waals surface area (Å²) in [5.74, 6) is 1.56. The summed E-state index contributed by atoms with van der Waals surface area (Å²) in [7, 11) is 3.11. The van der Waals surface area contributed by atoms with Gasteiger partial charge in [-0.05, 0) is 79.7 Å². The van der Waals surface area contributed by atoms with E-state index in [9.17, 15) is 9.59 Å². The van der Waals surface area contributed by atoms with E-state index in [0.29, 0.717) is 12.0 Å². The van der Waals surface area contributed by atoms with Crippen molar-refractivity contribution in [1.82, 2.24) is 4.90 Å². The third-order valence-electron chi connectivity index (χ3n) is 8.66. The number of fused-ring (bicyclic) bond motifs is 2. The maximum absolute atomic E-state index is 13.4. The van der Waals surface area contributed by atoms with E-state index < -0.39 is 0 Å². The van der Waals surface area contributed by atoms with Crippen LogP contribution in [0.3, 0.4) is 0 Å².